The van der Waals surface area contributed by atoms with Gasteiger partial charge in [0.25, 0.3) is 0 Å². The van der Waals surface area contributed by atoms with Gasteiger partial charge in [-0.1, -0.05) is 0 Å². The van der Waals surface area contributed by atoms with Crippen molar-refractivity contribution >= 4 is 6.98 Å². The zero-order valence-corrected chi connectivity index (χ0v) is 8.39. The number of hydrogen-bond acceptors (Lipinski definition) is 2. The maximum Gasteiger partial charge on any atom is 0.492 e. The molecule has 1 fully saturated rings. The first kappa shape index (κ1) is 11.8. The third kappa shape index (κ3) is 4.86. The summed E-state index contributed by atoms with van der Waals surface area (Å²) in [6, 6.07) is 0. The van der Waals surface area contributed by atoms with Crippen LogP contribution in [0.1, 0.15) is 12.8 Å². The van der Waals surface area contributed by atoms with Gasteiger partial charge in [-0.05, 0) is 38.8 Å². The van der Waals surface area contributed by atoms with Gasteiger partial charge in [0.2, 0.25) is 0 Å². The number of ether oxygens (including phenoxy) is 1. The van der Waals surface area contributed by atoms with E-state index >= 15 is 0 Å². The molecule has 0 radical (unpaired) electrons. The van der Waals surface area contributed by atoms with Gasteiger partial charge >= 0.3 is 6.98 Å². The van der Waals surface area contributed by atoms with Crippen molar-refractivity contribution in [3.05, 3.63) is 0 Å². The van der Waals surface area contributed by atoms with Gasteiger partial charge in [0.1, 0.15) is 0 Å². The molecule has 6 heteroatoms. The maximum atomic E-state index is 12.1. The molecular weight excluding hydrogens is 194 g/mol. The van der Waals surface area contributed by atoms with Gasteiger partial charge in [-0.15, -0.1) is 0 Å². The van der Waals surface area contributed by atoms with E-state index in [0.29, 0.717) is 25.7 Å². The lowest BCUT2D eigenvalue weighted by Crippen LogP contribution is -2.39. The normalized spacial score (nSPS) is 20.4. The smallest absolute Gasteiger partial charge is 0.448 e. The Morgan fingerprint density at radius 2 is 1.86 bits per heavy atom. The molecule has 1 heterocycles. The summed E-state index contributed by atoms with van der Waals surface area (Å²) in [5.74, 6) is 0.367. The number of nitrogens with zero attached hydrogens (tertiary/aromatic N) is 1. The molecule has 1 aliphatic rings. The molecular formula is C8H16BF3NO-. The second-order valence-corrected chi connectivity index (χ2v) is 3.99. The molecule has 0 aliphatic carbocycles. The molecule has 1 saturated heterocycles. The van der Waals surface area contributed by atoms with Crippen LogP contribution in [0, 0.1) is 5.92 Å². The van der Waals surface area contributed by atoms with E-state index in [2.05, 4.69) is 0 Å². The Hall–Kier alpha value is -0.225. The van der Waals surface area contributed by atoms with Crippen LogP contribution < -0.4 is 0 Å². The third-order valence-corrected chi connectivity index (χ3v) is 2.43. The van der Waals surface area contributed by atoms with Crippen molar-refractivity contribution in [1.29, 1.82) is 0 Å². The average molecular weight is 210 g/mol. The summed E-state index contributed by atoms with van der Waals surface area (Å²) in [6.45, 7) is -2.77. The summed E-state index contributed by atoms with van der Waals surface area (Å²) in [5.41, 5.74) is 0. The second kappa shape index (κ2) is 5.02. The van der Waals surface area contributed by atoms with Crippen LogP contribution in [0.2, 0.25) is 0 Å². The van der Waals surface area contributed by atoms with Crippen LogP contribution in [0.15, 0.2) is 0 Å². The first-order valence-corrected chi connectivity index (χ1v) is 4.94. The lowest BCUT2D eigenvalue weighted by atomic mass is 9.90. The van der Waals surface area contributed by atoms with Crippen LogP contribution in [-0.2, 0) is 4.74 Å². The van der Waals surface area contributed by atoms with E-state index in [1.807, 2.05) is 0 Å². The third-order valence-electron chi connectivity index (χ3n) is 2.43. The van der Waals surface area contributed by atoms with E-state index in [4.69, 9.17) is 4.74 Å². The van der Waals surface area contributed by atoms with Crippen molar-refractivity contribution in [2.45, 2.75) is 12.8 Å². The molecule has 0 aromatic rings. The Morgan fingerprint density at radius 1 is 1.29 bits per heavy atom. The molecule has 0 atom stereocenters. The van der Waals surface area contributed by atoms with Crippen LogP contribution >= 0.6 is 0 Å². The molecule has 1 rings (SSSR count). The zero-order chi connectivity index (χ0) is 10.6. The average Bonchev–Trinajstić information content (AvgIpc) is 2.02. The van der Waals surface area contributed by atoms with E-state index in [-0.39, 0.29) is 0 Å². The van der Waals surface area contributed by atoms with Gasteiger partial charge in [-0.25, -0.2) is 0 Å². The highest BCUT2D eigenvalue weighted by molar-refractivity contribution is 6.58. The van der Waals surface area contributed by atoms with Crippen LogP contribution in [-0.4, -0.2) is 45.1 Å². The van der Waals surface area contributed by atoms with E-state index in [1.54, 1.807) is 0 Å². The molecule has 0 saturated carbocycles. The Balaban J connectivity index is 2.21. The van der Waals surface area contributed by atoms with Gasteiger partial charge in [-0.2, -0.15) is 0 Å². The summed E-state index contributed by atoms with van der Waals surface area (Å²) in [4.78, 5) is 1.37. The Bertz CT molecular complexity index is 170. The van der Waals surface area contributed by atoms with Gasteiger partial charge in [0, 0.05) is 13.2 Å². The topological polar surface area (TPSA) is 12.5 Å². The van der Waals surface area contributed by atoms with Crippen molar-refractivity contribution < 1.29 is 17.7 Å². The molecule has 0 aromatic heterocycles. The number of rotatable bonds is 4. The Morgan fingerprint density at radius 3 is 2.36 bits per heavy atom. The van der Waals surface area contributed by atoms with Crippen molar-refractivity contribution in [2.75, 3.05) is 33.3 Å². The number of halogens is 3. The second-order valence-electron chi connectivity index (χ2n) is 3.99. The summed E-state index contributed by atoms with van der Waals surface area (Å²) < 4.78 is 41.3. The van der Waals surface area contributed by atoms with E-state index in [1.165, 1.54) is 11.9 Å². The molecule has 2 nitrogen and oxygen atoms in total. The minimum atomic E-state index is -4.68. The molecule has 0 aromatic carbocycles. The van der Waals surface area contributed by atoms with E-state index < -0.39 is 13.4 Å². The van der Waals surface area contributed by atoms with E-state index in [0.717, 1.165) is 12.8 Å². The van der Waals surface area contributed by atoms with Crippen LogP contribution in [0.25, 0.3) is 0 Å². The molecule has 0 N–H and O–H groups in total. The van der Waals surface area contributed by atoms with Crippen molar-refractivity contribution in [2.24, 2.45) is 5.92 Å². The molecule has 0 amide bonds. The van der Waals surface area contributed by atoms with Crippen molar-refractivity contribution in [3.8, 4) is 0 Å². The highest BCUT2D eigenvalue weighted by Crippen LogP contribution is 2.17. The molecule has 14 heavy (non-hydrogen) atoms. The minimum absolute atomic E-state index is 0.367. The maximum absolute atomic E-state index is 12.1. The standard InChI is InChI=1S/C8H16BF3NO/c1-13(7-9(10,11)12)6-8-2-4-14-5-3-8/h8H,2-7H2,1H3/q-1. The number of hydrogen-bond donors (Lipinski definition) is 0. The molecule has 0 spiro atoms. The molecule has 0 bridgehead atoms. The predicted octanol–water partition coefficient (Wildman–Crippen LogP) is 1.73. The van der Waals surface area contributed by atoms with Crippen molar-refractivity contribution in [1.82, 2.24) is 4.90 Å². The summed E-state index contributed by atoms with van der Waals surface area (Å²) in [6.07, 6.45) is 1.02. The van der Waals surface area contributed by atoms with Crippen LogP contribution in [0.3, 0.4) is 0 Å². The fourth-order valence-corrected chi connectivity index (χ4v) is 1.80. The van der Waals surface area contributed by atoms with Gasteiger partial charge in [-0.3, -0.25) is 0 Å². The van der Waals surface area contributed by atoms with Crippen molar-refractivity contribution in [3.63, 3.8) is 0 Å². The quantitative estimate of drug-likeness (QED) is 0.655. The first-order valence-electron chi connectivity index (χ1n) is 4.94. The fourth-order valence-electron chi connectivity index (χ4n) is 1.80. The summed E-state index contributed by atoms with van der Waals surface area (Å²) in [5, 5.41) is 0. The minimum Gasteiger partial charge on any atom is -0.448 e. The lowest BCUT2D eigenvalue weighted by Gasteiger charge is -2.29. The van der Waals surface area contributed by atoms with Gasteiger partial charge in [0.15, 0.2) is 0 Å². The van der Waals surface area contributed by atoms with Gasteiger partial charge in [0.05, 0.1) is 0 Å². The lowest BCUT2D eigenvalue weighted by molar-refractivity contribution is 0.0567. The monoisotopic (exact) mass is 210 g/mol. The fraction of sp³-hybridized carbons (Fsp3) is 1.00. The predicted molar refractivity (Wildman–Crippen MR) is 50.1 cm³/mol. The first-order chi connectivity index (χ1) is 6.47. The molecule has 1 aliphatic heterocycles. The van der Waals surface area contributed by atoms with E-state index in [9.17, 15) is 12.9 Å². The largest absolute Gasteiger partial charge is 0.492 e. The summed E-state index contributed by atoms with van der Waals surface area (Å²) in [7, 11) is 1.53. The Labute approximate surface area is 82.5 Å². The van der Waals surface area contributed by atoms with Gasteiger partial charge < -0.3 is 22.6 Å². The SMILES string of the molecule is CN(CC1CCOCC1)C[B-](F)(F)F. The molecule has 0 unspecified atom stereocenters. The Kier molecular flexibility index (Phi) is 4.25. The van der Waals surface area contributed by atoms with Crippen LogP contribution in [0.4, 0.5) is 12.9 Å². The summed E-state index contributed by atoms with van der Waals surface area (Å²) >= 11 is 0. The highest BCUT2D eigenvalue weighted by atomic mass is 19.4. The highest BCUT2D eigenvalue weighted by Gasteiger charge is 2.26. The van der Waals surface area contributed by atoms with Crippen LogP contribution in [0.5, 0.6) is 0 Å². The zero-order valence-electron chi connectivity index (χ0n) is 8.39. The molecule has 84 valence electrons.